The summed E-state index contributed by atoms with van der Waals surface area (Å²) in [4.78, 5) is 4.37. The first-order valence-corrected chi connectivity index (χ1v) is 5.18. The maximum atomic E-state index is 4.37. The van der Waals surface area contributed by atoms with Crippen molar-refractivity contribution in [3.8, 4) is 0 Å². The quantitative estimate of drug-likeness (QED) is 0.613. The molecule has 1 aromatic rings. The van der Waals surface area contributed by atoms with Gasteiger partial charge >= 0.3 is 0 Å². The fraction of sp³-hybridized carbons (Fsp3) is 0.417. The molecule has 0 N–H and O–H groups in total. The number of allylic oxidation sites excluding steroid dienone is 2. The minimum Gasteiger partial charge on any atom is -0.307 e. The Balaban J connectivity index is 0.000000461. The van der Waals surface area contributed by atoms with E-state index >= 15 is 0 Å². The smallest absolute Gasteiger partial charge is 0.136 e. The van der Waals surface area contributed by atoms with Crippen molar-refractivity contribution in [1.82, 2.24) is 9.55 Å². The Kier molecular flexibility index (Phi) is 3.69. The monoisotopic (exact) mass is 190 g/mol. The fourth-order valence-corrected chi connectivity index (χ4v) is 1.31. The van der Waals surface area contributed by atoms with E-state index in [2.05, 4.69) is 40.9 Å². The molecule has 1 aliphatic heterocycles. The normalized spacial score (nSPS) is 18.1. The van der Waals surface area contributed by atoms with Crippen LogP contribution in [0.4, 0.5) is 0 Å². The van der Waals surface area contributed by atoms with E-state index in [1.54, 1.807) is 0 Å². The number of hydrogen-bond donors (Lipinski definition) is 0. The first kappa shape index (κ1) is 10.8. The van der Waals surface area contributed by atoms with Crippen molar-refractivity contribution < 1.29 is 0 Å². The lowest BCUT2D eigenvalue weighted by molar-refractivity contribution is 0.949. The van der Waals surface area contributed by atoms with Gasteiger partial charge in [-0.3, -0.25) is 0 Å². The number of aromatic nitrogens is 2. The molecular formula is C12H18N2. The molecule has 76 valence electrons. The molecule has 0 amide bonds. The molecule has 0 aromatic carbocycles. The zero-order valence-corrected chi connectivity index (χ0v) is 9.36. The molecule has 2 heteroatoms. The number of aryl methyl sites for hydroxylation is 1. The third-order valence-corrected chi connectivity index (χ3v) is 1.98. The van der Waals surface area contributed by atoms with Crippen LogP contribution in [0.1, 0.15) is 32.3 Å². The van der Waals surface area contributed by atoms with Gasteiger partial charge in [-0.05, 0) is 18.9 Å². The first-order chi connectivity index (χ1) is 6.75. The fourth-order valence-electron chi connectivity index (χ4n) is 1.31. The molecule has 0 bridgehead atoms. The molecule has 0 radical (unpaired) electrons. The lowest BCUT2D eigenvalue weighted by Gasteiger charge is -1.92. The summed E-state index contributed by atoms with van der Waals surface area (Å²) >= 11 is 0. The van der Waals surface area contributed by atoms with Gasteiger partial charge in [0.1, 0.15) is 5.82 Å². The van der Waals surface area contributed by atoms with E-state index in [4.69, 9.17) is 0 Å². The van der Waals surface area contributed by atoms with E-state index in [0.29, 0.717) is 5.92 Å². The van der Waals surface area contributed by atoms with E-state index in [1.807, 2.05) is 27.0 Å². The van der Waals surface area contributed by atoms with Gasteiger partial charge in [-0.15, -0.1) is 0 Å². The van der Waals surface area contributed by atoms with Crippen LogP contribution in [-0.4, -0.2) is 9.55 Å². The molecule has 1 aromatic heterocycles. The van der Waals surface area contributed by atoms with Gasteiger partial charge in [0.25, 0.3) is 0 Å². The van der Waals surface area contributed by atoms with Gasteiger partial charge in [0.15, 0.2) is 0 Å². The maximum absolute atomic E-state index is 4.37. The Hall–Kier alpha value is -1.31. The number of hydrogen-bond acceptors (Lipinski definition) is 1. The maximum Gasteiger partial charge on any atom is 0.136 e. The summed E-state index contributed by atoms with van der Waals surface area (Å²) in [6, 6.07) is 0. The minimum atomic E-state index is 0.506. The van der Waals surface area contributed by atoms with Crippen LogP contribution in [0.3, 0.4) is 0 Å². The van der Waals surface area contributed by atoms with E-state index in [1.165, 1.54) is 0 Å². The van der Waals surface area contributed by atoms with Gasteiger partial charge in [-0.2, -0.15) is 0 Å². The summed E-state index contributed by atoms with van der Waals surface area (Å²) in [5.41, 5.74) is 1.06. The molecule has 1 aliphatic rings. The molecule has 1 unspecified atom stereocenters. The van der Waals surface area contributed by atoms with E-state index < -0.39 is 0 Å². The minimum absolute atomic E-state index is 0.506. The van der Waals surface area contributed by atoms with Crippen LogP contribution in [0.2, 0.25) is 0 Å². The molecule has 2 nitrogen and oxygen atoms in total. The highest BCUT2D eigenvalue weighted by atomic mass is 15.0. The Morgan fingerprint density at radius 2 is 2.00 bits per heavy atom. The van der Waals surface area contributed by atoms with Gasteiger partial charge in [-0.25, -0.2) is 4.98 Å². The second-order valence-corrected chi connectivity index (χ2v) is 3.21. The second-order valence-electron chi connectivity index (χ2n) is 3.21. The van der Waals surface area contributed by atoms with Crippen LogP contribution >= 0.6 is 0 Å². The van der Waals surface area contributed by atoms with Gasteiger partial charge in [0.2, 0.25) is 0 Å². The highest BCUT2D eigenvalue weighted by Gasteiger charge is 2.03. The van der Waals surface area contributed by atoms with Crippen LogP contribution in [0.25, 0.3) is 12.3 Å². The number of fused-ring (bicyclic) bond motifs is 1. The summed E-state index contributed by atoms with van der Waals surface area (Å²) in [6.45, 7) is 8.17. The Morgan fingerprint density at radius 1 is 1.29 bits per heavy atom. The standard InChI is InChI=1S/C10H12N2.C2H6/c1-8-3-4-10-11-9(2)7-12(10)6-5-8;1-2/h3-8H,1-2H3;1-2H3. The average molecular weight is 190 g/mol. The van der Waals surface area contributed by atoms with Gasteiger partial charge < -0.3 is 4.57 Å². The molecule has 2 heterocycles. The third kappa shape index (κ3) is 2.34. The third-order valence-electron chi connectivity index (χ3n) is 1.98. The Bertz CT molecular complexity index is 314. The van der Waals surface area contributed by atoms with Gasteiger partial charge in [0, 0.05) is 12.4 Å². The van der Waals surface area contributed by atoms with Crippen LogP contribution in [0.5, 0.6) is 0 Å². The van der Waals surface area contributed by atoms with E-state index in [-0.39, 0.29) is 0 Å². The largest absolute Gasteiger partial charge is 0.307 e. The lowest BCUT2D eigenvalue weighted by Crippen LogP contribution is -1.85. The zero-order chi connectivity index (χ0) is 10.6. The van der Waals surface area contributed by atoms with E-state index in [0.717, 1.165) is 11.5 Å². The topological polar surface area (TPSA) is 17.8 Å². The highest BCUT2D eigenvalue weighted by molar-refractivity contribution is 5.49. The van der Waals surface area contributed by atoms with Crippen LogP contribution in [-0.2, 0) is 0 Å². The molecular weight excluding hydrogens is 172 g/mol. The van der Waals surface area contributed by atoms with Gasteiger partial charge in [0.05, 0.1) is 5.69 Å². The summed E-state index contributed by atoms with van der Waals surface area (Å²) in [7, 11) is 0. The molecule has 0 saturated heterocycles. The Morgan fingerprint density at radius 3 is 2.71 bits per heavy atom. The van der Waals surface area contributed by atoms with Crippen molar-refractivity contribution in [3.63, 3.8) is 0 Å². The van der Waals surface area contributed by atoms with Crippen molar-refractivity contribution in [2.75, 3.05) is 0 Å². The first-order valence-electron chi connectivity index (χ1n) is 5.18. The molecule has 0 saturated carbocycles. The molecule has 0 fully saturated rings. The molecule has 1 atom stereocenters. The summed E-state index contributed by atoms with van der Waals surface area (Å²) in [5.74, 6) is 1.53. The number of nitrogens with zero attached hydrogens (tertiary/aromatic N) is 2. The van der Waals surface area contributed by atoms with Crippen molar-refractivity contribution in [2.24, 2.45) is 5.92 Å². The van der Waals surface area contributed by atoms with E-state index in [9.17, 15) is 0 Å². The van der Waals surface area contributed by atoms with Crippen molar-refractivity contribution in [2.45, 2.75) is 27.7 Å². The number of rotatable bonds is 0. The Labute approximate surface area is 86.0 Å². The second kappa shape index (κ2) is 4.80. The van der Waals surface area contributed by atoms with Crippen molar-refractivity contribution in [1.29, 1.82) is 0 Å². The van der Waals surface area contributed by atoms with Crippen LogP contribution in [0.15, 0.2) is 18.3 Å². The predicted molar refractivity (Wildman–Crippen MR) is 61.8 cm³/mol. The summed E-state index contributed by atoms with van der Waals surface area (Å²) < 4.78 is 2.05. The predicted octanol–water partition coefficient (Wildman–Crippen LogP) is 3.35. The molecule has 2 rings (SSSR count). The lowest BCUT2D eigenvalue weighted by atomic mass is 10.2. The average Bonchev–Trinajstić information content (AvgIpc) is 2.47. The van der Waals surface area contributed by atoms with Crippen LogP contribution in [0, 0.1) is 12.8 Å². The molecule has 14 heavy (non-hydrogen) atoms. The zero-order valence-electron chi connectivity index (χ0n) is 9.36. The van der Waals surface area contributed by atoms with Crippen LogP contribution < -0.4 is 0 Å². The SMILES string of the molecule is CC.Cc1cn2c(n1)C=CC(C)C=C2. The summed E-state index contributed by atoms with van der Waals surface area (Å²) in [6.07, 6.45) is 10.5. The van der Waals surface area contributed by atoms with Crippen molar-refractivity contribution in [3.05, 3.63) is 29.9 Å². The molecule has 0 aliphatic carbocycles. The van der Waals surface area contributed by atoms with Crippen molar-refractivity contribution >= 4 is 12.3 Å². The van der Waals surface area contributed by atoms with Gasteiger partial charge in [-0.1, -0.05) is 32.9 Å². The highest BCUT2D eigenvalue weighted by Crippen LogP contribution is 2.13. The summed E-state index contributed by atoms with van der Waals surface area (Å²) in [5, 5.41) is 0. The number of imidazole rings is 1. The molecule has 0 spiro atoms.